The van der Waals surface area contributed by atoms with E-state index >= 15 is 0 Å². The van der Waals surface area contributed by atoms with E-state index in [1.165, 1.54) is 31.4 Å². The van der Waals surface area contributed by atoms with Crippen LogP contribution in [-0.2, 0) is 0 Å². The summed E-state index contributed by atoms with van der Waals surface area (Å²) in [5, 5.41) is 2.88. The summed E-state index contributed by atoms with van der Waals surface area (Å²) in [6.45, 7) is 2.44. The SMILES string of the molecule is CN1CCCC(COc2ccc(Nc3nccc(N(C)C(=O)Oc4cc(F)cc(F)c4)n3)cc2F)C1. The maximum absolute atomic E-state index is 14.6. The summed E-state index contributed by atoms with van der Waals surface area (Å²) in [4.78, 5) is 24.0. The number of aromatic nitrogens is 2. The molecule has 1 aromatic heterocycles. The van der Waals surface area contributed by atoms with Crippen LogP contribution in [0.25, 0.3) is 0 Å². The van der Waals surface area contributed by atoms with Crippen LogP contribution in [0.15, 0.2) is 48.7 Å². The van der Waals surface area contributed by atoms with Gasteiger partial charge in [0.25, 0.3) is 0 Å². The molecule has 1 fully saturated rings. The molecule has 2 aromatic carbocycles. The number of carbonyl (C=O) groups excluding carboxylic acids is 1. The van der Waals surface area contributed by atoms with Crippen molar-refractivity contribution in [1.82, 2.24) is 14.9 Å². The molecule has 3 aromatic rings. The fraction of sp³-hybridized carbons (Fsp3) is 0.320. The Morgan fingerprint density at radius 1 is 1.17 bits per heavy atom. The number of hydrogen-bond acceptors (Lipinski definition) is 7. The second-order valence-electron chi connectivity index (χ2n) is 8.62. The number of hydrogen-bond donors (Lipinski definition) is 1. The maximum Gasteiger partial charge on any atom is 0.420 e. The standard InChI is InChI=1S/C25H26F3N5O3/c1-32-9-3-4-16(14-32)15-35-22-6-5-19(13-21(22)28)30-24-29-8-7-23(31-24)33(2)25(34)36-20-11-17(26)10-18(27)12-20/h5-8,10-13,16H,3-4,9,14-15H2,1-2H3,(H,29,30,31). The topological polar surface area (TPSA) is 79.8 Å². The first-order chi connectivity index (χ1) is 17.3. The van der Waals surface area contributed by atoms with E-state index < -0.39 is 23.5 Å². The zero-order valence-electron chi connectivity index (χ0n) is 19.9. The predicted molar refractivity (Wildman–Crippen MR) is 128 cm³/mol. The minimum atomic E-state index is -0.915. The number of likely N-dealkylation sites (tertiary alicyclic amines) is 1. The van der Waals surface area contributed by atoms with Crippen LogP contribution in [0.4, 0.5) is 35.4 Å². The Bertz CT molecular complexity index is 1210. The third-order valence-corrected chi connectivity index (χ3v) is 5.68. The van der Waals surface area contributed by atoms with Crippen molar-refractivity contribution in [3.63, 3.8) is 0 Å². The lowest BCUT2D eigenvalue weighted by Gasteiger charge is -2.29. The average Bonchev–Trinajstić information content (AvgIpc) is 2.82. The van der Waals surface area contributed by atoms with Gasteiger partial charge in [0.2, 0.25) is 5.95 Å². The minimum Gasteiger partial charge on any atom is -0.490 e. The van der Waals surface area contributed by atoms with E-state index in [0.717, 1.165) is 43.0 Å². The lowest BCUT2D eigenvalue weighted by molar-refractivity contribution is 0.147. The lowest BCUT2D eigenvalue weighted by Crippen LogP contribution is -2.34. The summed E-state index contributed by atoms with van der Waals surface area (Å²) in [7, 11) is 3.44. The van der Waals surface area contributed by atoms with Crippen molar-refractivity contribution in [3.8, 4) is 11.5 Å². The van der Waals surface area contributed by atoms with E-state index in [-0.39, 0.29) is 23.3 Å². The molecule has 0 saturated carbocycles. The molecule has 0 bridgehead atoms. The van der Waals surface area contributed by atoms with Crippen molar-refractivity contribution in [2.45, 2.75) is 12.8 Å². The molecule has 1 amide bonds. The summed E-state index contributed by atoms with van der Waals surface area (Å²) in [6.07, 6.45) is 2.64. The second-order valence-corrected chi connectivity index (χ2v) is 8.62. The van der Waals surface area contributed by atoms with E-state index in [0.29, 0.717) is 24.3 Å². The average molecular weight is 502 g/mol. The second kappa shape index (κ2) is 11.3. The molecule has 4 rings (SSSR count). The summed E-state index contributed by atoms with van der Waals surface area (Å²) in [6, 6.07) is 8.33. The molecule has 2 heterocycles. The first kappa shape index (κ1) is 25.2. The number of ether oxygens (including phenoxy) is 2. The number of nitrogens with zero attached hydrogens (tertiary/aromatic N) is 4. The quantitative estimate of drug-likeness (QED) is 0.488. The van der Waals surface area contributed by atoms with Crippen LogP contribution in [-0.4, -0.2) is 54.8 Å². The van der Waals surface area contributed by atoms with Crippen molar-refractivity contribution in [2.24, 2.45) is 5.92 Å². The molecule has 1 saturated heterocycles. The molecule has 190 valence electrons. The van der Waals surface area contributed by atoms with Gasteiger partial charge in [-0.1, -0.05) is 0 Å². The van der Waals surface area contributed by atoms with E-state index in [2.05, 4.69) is 27.2 Å². The Labute approximate surface area is 206 Å². The Balaban J connectivity index is 1.37. The molecule has 1 N–H and O–H groups in total. The van der Waals surface area contributed by atoms with Gasteiger partial charge in [-0.05, 0) is 44.6 Å². The Hall–Kier alpha value is -3.86. The van der Waals surface area contributed by atoms with Crippen LogP contribution in [0.5, 0.6) is 11.5 Å². The molecule has 11 heteroatoms. The highest BCUT2D eigenvalue weighted by Gasteiger charge is 2.19. The van der Waals surface area contributed by atoms with Gasteiger partial charge < -0.3 is 19.7 Å². The van der Waals surface area contributed by atoms with Crippen molar-refractivity contribution in [2.75, 3.05) is 44.0 Å². The number of nitrogens with one attached hydrogen (secondary N) is 1. The smallest absolute Gasteiger partial charge is 0.420 e. The van der Waals surface area contributed by atoms with Crippen molar-refractivity contribution >= 4 is 23.5 Å². The third-order valence-electron chi connectivity index (χ3n) is 5.68. The Morgan fingerprint density at radius 2 is 1.94 bits per heavy atom. The van der Waals surface area contributed by atoms with Gasteiger partial charge in [0.05, 0.1) is 6.61 Å². The molecule has 0 aliphatic carbocycles. The fourth-order valence-corrected chi connectivity index (χ4v) is 3.89. The van der Waals surface area contributed by atoms with Gasteiger partial charge >= 0.3 is 6.09 Å². The van der Waals surface area contributed by atoms with Gasteiger partial charge in [0, 0.05) is 55.7 Å². The maximum atomic E-state index is 14.6. The van der Waals surface area contributed by atoms with Crippen molar-refractivity contribution < 1.29 is 27.4 Å². The van der Waals surface area contributed by atoms with Crippen LogP contribution in [0.2, 0.25) is 0 Å². The number of amides is 1. The van der Waals surface area contributed by atoms with Gasteiger partial charge in [0.1, 0.15) is 23.2 Å². The molecule has 0 radical (unpaired) electrons. The number of piperidine rings is 1. The lowest BCUT2D eigenvalue weighted by atomic mass is 10.00. The van der Waals surface area contributed by atoms with Gasteiger partial charge in [-0.3, -0.25) is 4.90 Å². The van der Waals surface area contributed by atoms with Crippen LogP contribution in [0.1, 0.15) is 12.8 Å². The molecule has 0 spiro atoms. The first-order valence-corrected chi connectivity index (χ1v) is 11.4. The zero-order chi connectivity index (χ0) is 25.7. The summed E-state index contributed by atoms with van der Waals surface area (Å²) < 4.78 is 52.0. The van der Waals surface area contributed by atoms with Gasteiger partial charge in [0.15, 0.2) is 11.6 Å². The highest BCUT2D eigenvalue weighted by atomic mass is 19.1. The van der Waals surface area contributed by atoms with Gasteiger partial charge in [-0.2, -0.15) is 4.98 Å². The largest absolute Gasteiger partial charge is 0.490 e. The number of carbonyl (C=O) groups is 1. The molecular formula is C25H26F3N5O3. The molecule has 1 atom stereocenters. The van der Waals surface area contributed by atoms with Crippen molar-refractivity contribution in [3.05, 3.63) is 66.1 Å². The summed E-state index contributed by atoms with van der Waals surface area (Å²) in [5.74, 6) is -1.79. The van der Waals surface area contributed by atoms with Crippen LogP contribution < -0.4 is 19.7 Å². The van der Waals surface area contributed by atoms with Crippen LogP contribution in [0.3, 0.4) is 0 Å². The van der Waals surface area contributed by atoms with Crippen molar-refractivity contribution in [1.29, 1.82) is 0 Å². The third kappa shape index (κ3) is 6.63. The fourth-order valence-electron chi connectivity index (χ4n) is 3.89. The highest BCUT2D eigenvalue weighted by Crippen LogP contribution is 2.25. The molecule has 1 aliphatic heterocycles. The normalized spacial score (nSPS) is 15.9. The van der Waals surface area contributed by atoms with Crippen LogP contribution in [0, 0.1) is 23.4 Å². The molecule has 36 heavy (non-hydrogen) atoms. The number of halogens is 3. The zero-order valence-corrected chi connectivity index (χ0v) is 19.9. The Morgan fingerprint density at radius 3 is 2.67 bits per heavy atom. The van der Waals surface area contributed by atoms with Gasteiger partial charge in [-0.25, -0.2) is 22.9 Å². The molecular weight excluding hydrogens is 475 g/mol. The predicted octanol–water partition coefficient (Wildman–Crippen LogP) is 4.99. The molecule has 1 aliphatic rings. The summed E-state index contributed by atoms with van der Waals surface area (Å²) >= 11 is 0. The summed E-state index contributed by atoms with van der Waals surface area (Å²) in [5.41, 5.74) is 0.384. The number of benzene rings is 2. The minimum absolute atomic E-state index is 0.0993. The number of anilines is 3. The van der Waals surface area contributed by atoms with Gasteiger partial charge in [-0.15, -0.1) is 0 Å². The monoisotopic (exact) mass is 501 g/mol. The highest BCUT2D eigenvalue weighted by molar-refractivity contribution is 5.87. The number of rotatable bonds is 7. The first-order valence-electron chi connectivity index (χ1n) is 11.4. The van der Waals surface area contributed by atoms with E-state index in [4.69, 9.17) is 9.47 Å². The van der Waals surface area contributed by atoms with E-state index in [9.17, 15) is 18.0 Å². The van der Waals surface area contributed by atoms with Crippen LogP contribution >= 0.6 is 0 Å². The van der Waals surface area contributed by atoms with E-state index in [1.54, 1.807) is 6.07 Å². The Kier molecular flexibility index (Phi) is 7.89. The molecule has 1 unspecified atom stereocenters. The molecule has 8 nitrogen and oxygen atoms in total. The van der Waals surface area contributed by atoms with E-state index in [1.807, 2.05) is 0 Å².